The van der Waals surface area contributed by atoms with Crippen molar-refractivity contribution in [3.63, 3.8) is 0 Å². The second kappa shape index (κ2) is 10.8. The van der Waals surface area contributed by atoms with E-state index in [0.29, 0.717) is 24.4 Å². The number of hydrogen-bond donors (Lipinski definition) is 1. The number of esters is 1. The summed E-state index contributed by atoms with van der Waals surface area (Å²) in [4.78, 5) is 39.1. The molecule has 7 nitrogen and oxygen atoms in total. The number of carbonyl (C=O) groups is 3. The lowest BCUT2D eigenvalue weighted by atomic mass is 10.1. The van der Waals surface area contributed by atoms with Gasteiger partial charge in [-0.15, -0.1) is 0 Å². The van der Waals surface area contributed by atoms with E-state index in [1.54, 1.807) is 18.2 Å². The van der Waals surface area contributed by atoms with Gasteiger partial charge in [-0.25, -0.2) is 9.59 Å². The number of nitrogens with one attached hydrogen (secondary N) is 1. The third-order valence-electron chi connectivity index (χ3n) is 5.13. The number of nitrogens with zero attached hydrogens (tertiary/aromatic N) is 1. The van der Waals surface area contributed by atoms with E-state index in [-0.39, 0.29) is 13.0 Å². The van der Waals surface area contributed by atoms with Crippen LogP contribution in [0.4, 0.5) is 4.79 Å². The number of likely N-dealkylation sites (tertiary alicyclic amines) is 1. The van der Waals surface area contributed by atoms with Crippen LogP contribution in [0.1, 0.15) is 24.0 Å². The smallest absolute Gasteiger partial charge is 0.410 e. The number of hydrogen-bond acceptors (Lipinski definition) is 5. The van der Waals surface area contributed by atoms with Crippen molar-refractivity contribution in [3.8, 4) is 0 Å². The van der Waals surface area contributed by atoms with Crippen LogP contribution < -0.4 is 5.32 Å². The summed E-state index contributed by atoms with van der Waals surface area (Å²) in [5, 5.41) is 3.27. The van der Waals surface area contributed by atoms with Gasteiger partial charge in [-0.2, -0.15) is 0 Å². The first-order valence-electron chi connectivity index (χ1n) is 10.1. The van der Waals surface area contributed by atoms with Crippen LogP contribution >= 0.6 is 11.6 Å². The highest BCUT2D eigenvalue weighted by Gasteiger charge is 2.37. The van der Waals surface area contributed by atoms with E-state index in [1.165, 1.54) is 12.0 Å². The van der Waals surface area contributed by atoms with Crippen molar-refractivity contribution >= 4 is 29.6 Å². The molecule has 1 aliphatic rings. The maximum absolute atomic E-state index is 12.9. The van der Waals surface area contributed by atoms with Crippen LogP contribution in [0.5, 0.6) is 0 Å². The Hall–Kier alpha value is -3.06. The van der Waals surface area contributed by atoms with Crippen molar-refractivity contribution in [3.05, 3.63) is 70.7 Å². The van der Waals surface area contributed by atoms with Crippen molar-refractivity contribution in [1.29, 1.82) is 0 Å². The first-order chi connectivity index (χ1) is 15.0. The summed E-state index contributed by atoms with van der Waals surface area (Å²) in [6.45, 7) is 0.549. The normalized spacial score (nSPS) is 16.5. The van der Waals surface area contributed by atoms with Crippen molar-refractivity contribution in [2.45, 2.75) is 38.0 Å². The molecule has 3 rings (SSSR count). The molecule has 0 bridgehead atoms. The van der Waals surface area contributed by atoms with Crippen LogP contribution in [-0.2, 0) is 32.1 Å². The minimum absolute atomic E-state index is 0.129. The Bertz CT molecular complexity index is 921. The average molecular weight is 445 g/mol. The molecule has 31 heavy (non-hydrogen) atoms. The lowest BCUT2D eigenvalue weighted by molar-refractivity contribution is -0.145. The average Bonchev–Trinajstić information content (AvgIpc) is 3.27. The SMILES string of the molecule is COC(=O)[C@H](Cc1cccc(Cl)c1)NC(=O)[C@H]1CCCN1C(=O)OCc1ccccc1. The fraction of sp³-hybridized carbons (Fsp3) is 0.348. The van der Waals surface area contributed by atoms with Gasteiger partial charge in [0.15, 0.2) is 0 Å². The minimum Gasteiger partial charge on any atom is -0.467 e. The summed E-state index contributed by atoms with van der Waals surface area (Å²) in [5.74, 6) is -0.976. The molecule has 1 heterocycles. The molecular weight excluding hydrogens is 420 g/mol. The fourth-order valence-corrected chi connectivity index (χ4v) is 3.78. The summed E-state index contributed by atoms with van der Waals surface area (Å²) in [6.07, 6.45) is 0.850. The largest absolute Gasteiger partial charge is 0.467 e. The zero-order chi connectivity index (χ0) is 22.2. The van der Waals surface area contributed by atoms with Gasteiger partial charge in [-0.05, 0) is 36.1 Å². The molecule has 1 saturated heterocycles. The van der Waals surface area contributed by atoms with Gasteiger partial charge < -0.3 is 14.8 Å². The summed E-state index contributed by atoms with van der Waals surface area (Å²) < 4.78 is 10.2. The van der Waals surface area contributed by atoms with E-state index in [2.05, 4.69) is 5.32 Å². The molecule has 0 aromatic heterocycles. The number of rotatable bonds is 7. The Balaban J connectivity index is 1.63. The first-order valence-corrected chi connectivity index (χ1v) is 10.5. The van der Waals surface area contributed by atoms with E-state index in [1.807, 2.05) is 36.4 Å². The van der Waals surface area contributed by atoms with Gasteiger partial charge in [0.2, 0.25) is 5.91 Å². The molecule has 0 aliphatic carbocycles. The van der Waals surface area contributed by atoms with Gasteiger partial charge in [-0.1, -0.05) is 54.1 Å². The standard InChI is InChI=1S/C23H25ClN2O5/c1-30-22(28)19(14-17-9-5-10-18(24)13-17)25-21(27)20-11-6-12-26(20)23(29)31-15-16-7-3-2-4-8-16/h2-5,7-10,13,19-20H,6,11-12,14-15H2,1H3,(H,25,27)/t19-,20+/m0/s1. The Morgan fingerprint density at radius 1 is 1.13 bits per heavy atom. The van der Waals surface area contributed by atoms with E-state index in [0.717, 1.165) is 11.1 Å². The minimum atomic E-state index is -0.890. The summed E-state index contributed by atoms with van der Waals surface area (Å²) in [5.41, 5.74) is 1.65. The van der Waals surface area contributed by atoms with Crippen LogP contribution in [0.25, 0.3) is 0 Å². The zero-order valence-electron chi connectivity index (χ0n) is 17.3. The van der Waals surface area contributed by atoms with Gasteiger partial charge in [0.1, 0.15) is 18.7 Å². The first kappa shape index (κ1) is 22.6. The molecule has 1 fully saturated rings. The molecule has 164 valence electrons. The van der Waals surface area contributed by atoms with Crippen LogP contribution in [-0.4, -0.2) is 48.6 Å². The van der Waals surface area contributed by atoms with E-state index >= 15 is 0 Å². The summed E-state index contributed by atoms with van der Waals surface area (Å²) >= 11 is 6.02. The molecule has 0 spiro atoms. The molecule has 1 N–H and O–H groups in total. The Labute approximate surface area is 186 Å². The molecular formula is C23H25ClN2O5. The predicted molar refractivity (Wildman–Crippen MR) is 115 cm³/mol. The molecule has 0 unspecified atom stereocenters. The topological polar surface area (TPSA) is 84.9 Å². The Kier molecular flexibility index (Phi) is 7.89. The molecule has 2 aromatic rings. The highest BCUT2D eigenvalue weighted by Crippen LogP contribution is 2.20. The van der Waals surface area contributed by atoms with Crippen LogP contribution in [0.3, 0.4) is 0 Å². The maximum Gasteiger partial charge on any atom is 0.410 e. The van der Waals surface area contributed by atoms with Crippen LogP contribution in [0.15, 0.2) is 54.6 Å². The van der Waals surface area contributed by atoms with Gasteiger partial charge in [0.25, 0.3) is 0 Å². The number of halogens is 1. The highest BCUT2D eigenvalue weighted by molar-refractivity contribution is 6.30. The second-order valence-electron chi connectivity index (χ2n) is 7.31. The van der Waals surface area contributed by atoms with Gasteiger partial charge in [0.05, 0.1) is 7.11 Å². The highest BCUT2D eigenvalue weighted by atomic mass is 35.5. The van der Waals surface area contributed by atoms with E-state index in [4.69, 9.17) is 21.1 Å². The lowest BCUT2D eigenvalue weighted by Crippen LogP contribution is -2.51. The van der Waals surface area contributed by atoms with Crippen molar-refractivity contribution in [1.82, 2.24) is 10.2 Å². The monoisotopic (exact) mass is 444 g/mol. The van der Waals surface area contributed by atoms with Crippen molar-refractivity contribution in [2.24, 2.45) is 0 Å². The maximum atomic E-state index is 12.9. The molecule has 2 aromatic carbocycles. The molecule has 2 atom stereocenters. The number of carbonyl (C=O) groups excluding carboxylic acids is 3. The number of amides is 2. The van der Waals surface area contributed by atoms with Crippen LogP contribution in [0.2, 0.25) is 5.02 Å². The van der Waals surface area contributed by atoms with E-state index < -0.39 is 30.1 Å². The second-order valence-corrected chi connectivity index (χ2v) is 7.75. The van der Waals surface area contributed by atoms with Gasteiger partial charge >= 0.3 is 12.1 Å². The lowest BCUT2D eigenvalue weighted by Gasteiger charge is -2.25. The molecule has 1 aliphatic heterocycles. The van der Waals surface area contributed by atoms with E-state index in [9.17, 15) is 14.4 Å². The number of ether oxygens (including phenoxy) is 2. The Morgan fingerprint density at radius 2 is 1.87 bits per heavy atom. The summed E-state index contributed by atoms with van der Waals surface area (Å²) in [7, 11) is 1.27. The molecule has 0 saturated carbocycles. The van der Waals surface area contributed by atoms with Crippen molar-refractivity contribution < 1.29 is 23.9 Å². The number of methoxy groups -OCH3 is 1. The molecule has 0 radical (unpaired) electrons. The third kappa shape index (κ3) is 6.21. The summed E-state index contributed by atoms with van der Waals surface area (Å²) in [6, 6.07) is 14.8. The molecule has 2 amide bonds. The zero-order valence-corrected chi connectivity index (χ0v) is 18.0. The third-order valence-corrected chi connectivity index (χ3v) is 5.36. The van der Waals surface area contributed by atoms with Gasteiger partial charge in [0, 0.05) is 18.0 Å². The fourth-order valence-electron chi connectivity index (χ4n) is 3.56. The molecule has 8 heteroatoms. The predicted octanol–water partition coefficient (Wildman–Crippen LogP) is 3.34. The number of benzene rings is 2. The van der Waals surface area contributed by atoms with Gasteiger partial charge in [-0.3, -0.25) is 9.69 Å². The van der Waals surface area contributed by atoms with Crippen LogP contribution in [0, 0.1) is 0 Å². The Morgan fingerprint density at radius 3 is 2.58 bits per heavy atom. The van der Waals surface area contributed by atoms with Crippen molar-refractivity contribution in [2.75, 3.05) is 13.7 Å². The quantitative estimate of drug-likeness (QED) is 0.662.